The summed E-state index contributed by atoms with van der Waals surface area (Å²) in [5.41, 5.74) is 6.30. The predicted molar refractivity (Wildman–Crippen MR) is 33.5 cm³/mol. The predicted octanol–water partition coefficient (Wildman–Crippen LogP) is 1.28. The number of hydrogen-bond donors (Lipinski definition) is 1. The highest BCUT2D eigenvalue weighted by atomic mass is 14.9. The molecule has 1 nitrogen and oxygen atoms in total. The van der Waals surface area contributed by atoms with Crippen molar-refractivity contribution in [2.45, 2.75) is 37.6 Å². The SMILES string of the molecule is N[C@@]12CCCC[C@@H]1C2. The summed E-state index contributed by atoms with van der Waals surface area (Å²) in [5.74, 6) is 0.927. The molecule has 1 heteroatoms. The van der Waals surface area contributed by atoms with Crippen molar-refractivity contribution in [3.8, 4) is 0 Å². The van der Waals surface area contributed by atoms with E-state index in [0.717, 1.165) is 5.92 Å². The van der Waals surface area contributed by atoms with Gasteiger partial charge in [0.05, 0.1) is 0 Å². The van der Waals surface area contributed by atoms with Crippen molar-refractivity contribution in [1.82, 2.24) is 0 Å². The maximum atomic E-state index is 5.95. The zero-order chi connectivity index (χ0) is 5.61. The molecule has 0 heterocycles. The van der Waals surface area contributed by atoms with Crippen molar-refractivity contribution < 1.29 is 0 Å². The van der Waals surface area contributed by atoms with Gasteiger partial charge in [0.25, 0.3) is 0 Å². The van der Waals surface area contributed by atoms with Gasteiger partial charge >= 0.3 is 0 Å². The summed E-state index contributed by atoms with van der Waals surface area (Å²) >= 11 is 0. The van der Waals surface area contributed by atoms with Crippen molar-refractivity contribution in [2.75, 3.05) is 0 Å². The number of fused-ring (bicyclic) bond motifs is 1. The fourth-order valence-corrected chi connectivity index (χ4v) is 1.94. The zero-order valence-electron chi connectivity index (χ0n) is 5.19. The average molecular weight is 111 g/mol. The Morgan fingerprint density at radius 2 is 2.25 bits per heavy atom. The third-order valence-corrected chi connectivity index (χ3v) is 2.72. The van der Waals surface area contributed by atoms with Gasteiger partial charge in [-0.1, -0.05) is 12.8 Å². The lowest BCUT2D eigenvalue weighted by Gasteiger charge is -2.15. The third-order valence-electron chi connectivity index (χ3n) is 2.72. The molecule has 0 aromatic rings. The molecule has 2 N–H and O–H groups in total. The maximum absolute atomic E-state index is 5.95. The Kier molecular flexibility index (Phi) is 0.762. The highest BCUT2D eigenvalue weighted by molar-refractivity contribution is 5.09. The molecule has 0 saturated heterocycles. The van der Waals surface area contributed by atoms with Gasteiger partial charge < -0.3 is 5.73 Å². The van der Waals surface area contributed by atoms with Gasteiger partial charge in [0.1, 0.15) is 0 Å². The van der Waals surface area contributed by atoms with E-state index >= 15 is 0 Å². The van der Waals surface area contributed by atoms with Crippen LogP contribution in [-0.4, -0.2) is 5.54 Å². The van der Waals surface area contributed by atoms with Crippen LogP contribution in [0, 0.1) is 5.92 Å². The quantitative estimate of drug-likeness (QED) is 0.500. The van der Waals surface area contributed by atoms with Gasteiger partial charge in [-0.25, -0.2) is 0 Å². The number of rotatable bonds is 0. The molecule has 46 valence electrons. The van der Waals surface area contributed by atoms with Gasteiger partial charge in [-0.3, -0.25) is 0 Å². The fourth-order valence-electron chi connectivity index (χ4n) is 1.94. The Labute approximate surface area is 50.3 Å². The molecule has 0 unspecified atom stereocenters. The minimum atomic E-state index is 0.345. The van der Waals surface area contributed by atoms with E-state index < -0.39 is 0 Å². The monoisotopic (exact) mass is 111 g/mol. The van der Waals surface area contributed by atoms with Crippen molar-refractivity contribution in [3.05, 3.63) is 0 Å². The molecule has 8 heavy (non-hydrogen) atoms. The van der Waals surface area contributed by atoms with Gasteiger partial charge in [0.2, 0.25) is 0 Å². The molecule has 2 fully saturated rings. The van der Waals surface area contributed by atoms with Crippen LogP contribution in [0.25, 0.3) is 0 Å². The molecule has 2 aliphatic rings. The lowest BCUT2D eigenvalue weighted by atomic mass is 9.96. The van der Waals surface area contributed by atoms with Gasteiger partial charge in [0, 0.05) is 5.54 Å². The molecule has 0 radical (unpaired) electrons. The Hall–Kier alpha value is -0.0400. The van der Waals surface area contributed by atoms with E-state index in [2.05, 4.69) is 0 Å². The second kappa shape index (κ2) is 1.27. The average Bonchev–Trinajstić information content (AvgIpc) is 2.39. The molecular formula is C7H13N. The van der Waals surface area contributed by atoms with Crippen molar-refractivity contribution in [1.29, 1.82) is 0 Å². The van der Waals surface area contributed by atoms with Crippen LogP contribution in [0.3, 0.4) is 0 Å². The summed E-state index contributed by atoms with van der Waals surface area (Å²) in [7, 11) is 0. The molecule has 0 amide bonds. The molecule has 2 atom stereocenters. The van der Waals surface area contributed by atoms with E-state index in [4.69, 9.17) is 5.73 Å². The van der Waals surface area contributed by atoms with Crippen LogP contribution in [-0.2, 0) is 0 Å². The summed E-state index contributed by atoms with van der Waals surface area (Å²) in [5, 5.41) is 0. The van der Waals surface area contributed by atoms with Gasteiger partial charge in [-0.2, -0.15) is 0 Å². The first-order chi connectivity index (χ1) is 3.81. The summed E-state index contributed by atoms with van der Waals surface area (Å²) in [4.78, 5) is 0. The van der Waals surface area contributed by atoms with Crippen LogP contribution in [0.15, 0.2) is 0 Å². The topological polar surface area (TPSA) is 26.0 Å². The summed E-state index contributed by atoms with van der Waals surface area (Å²) in [6, 6.07) is 0. The molecule has 2 rings (SSSR count). The lowest BCUT2D eigenvalue weighted by Crippen LogP contribution is -2.26. The highest BCUT2D eigenvalue weighted by Crippen LogP contribution is 2.51. The molecule has 2 saturated carbocycles. The number of hydrogen-bond acceptors (Lipinski definition) is 1. The second-order valence-corrected chi connectivity index (χ2v) is 3.38. The van der Waals surface area contributed by atoms with Crippen molar-refractivity contribution in [3.63, 3.8) is 0 Å². The minimum Gasteiger partial charge on any atom is -0.325 e. The van der Waals surface area contributed by atoms with E-state index in [0.29, 0.717) is 5.54 Å². The summed E-state index contributed by atoms with van der Waals surface area (Å²) < 4.78 is 0. The normalized spacial score (nSPS) is 52.9. The van der Waals surface area contributed by atoms with Crippen LogP contribution in [0.1, 0.15) is 32.1 Å². The van der Waals surface area contributed by atoms with Gasteiger partial charge in [-0.15, -0.1) is 0 Å². The second-order valence-electron chi connectivity index (χ2n) is 3.38. The Bertz CT molecular complexity index is 109. The zero-order valence-corrected chi connectivity index (χ0v) is 5.19. The largest absolute Gasteiger partial charge is 0.325 e. The molecule has 0 aliphatic heterocycles. The molecule has 0 aromatic heterocycles. The van der Waals surface area contributed by atoms with Crippen LogP contribution in [0.2, 0.25) is 0 Å². The van der Waals surface area contributed by atoms with Gasteiger partial charge in [-0.05, 0) is 25.2 Å². The molecule has 2 aliphatic carbocycles. The van der Waals surface area contributed by atoms with Crippen LogP contribution in [0.5, 0.6) is 0 Å². The highest BCUT2D eigenvalue weighted by Gasteiger charge is 2.51. The van der Waals surface area contributed by atoms with Crippen molar-refractivity contribution >= 4 is 0 Å². The third kappa shape index (κ3) is 0.510. The first-order valence-electron chi connectivity index (χ1n) is 3.60. The Balaban J connectivity index is 2.04. The van der Waals surface area contributed by atoms with Crippen LogP contribution >= 0.6 is 0 Å². The Morgan fingerprint density at radius 1 is 1.38 bits per heavy atom. The lowest BCUT2D eigenvalue weighted by molar-refractivity contribution is 0.428. The minimum absolute atomic E-state index is 0.345. The van der Waals surface area contributed by atoms with Crippen molar-refractivity contribution in [2.24, 2.45) is 11.7 Å². The van der Waals surface area contributed by atoms with E-state index in [-0.39, 0.29) is 0 Å². The standard InChI is InChI=1S/C7H13N/c8-7-4-2-1-3-6(7)5-7/h6H,1-5,8H2/t6-,7-/m1/s1. The fraction of sp³-hybridized carbons (Fsp3) is 1.00. The first-order valence-corrected chi connectivity index (χ1v) is 3.60. The first kappa shape index (κ1) is 4.80. The van der Waals surface area contributed by atoms with E-state index in [1.807, 2.05) is 0 Å². The maximum Gasteiger partial charge on any atom is 0.0186 e. The van der Waals surface area contributed by atoms with Gasteiger partial charge in [0.15, 0.2) is 0 Å². The van der Waals surface area contributed by atoms with E-state index in [1.165, 1.54) is 32.1 Å². The van der Waals surface area contributed by atoms with Crippen LogP contribution < -0.4 is 5.73 Å². The Morgan fingerprint density at radius 3 is 2.75 bits per heavy atom. The van der Waals surface area contributed by atoms with E-state index in [9.17, 15) is 0 Å². The molecule has 0 aromatic carbocycles. The molecule has 0 spiro atoms. The molecule has 0 bridgehead atoms. The summed E-state index contributed by atoms with van der Waals surface area (Å²) in [6.07, 6.45) is 6.86. The summed E-state index contributed by atoms with van der Waals surface area (Å²) in [6.45, 7) is 0. The smallest absolute Gasteiger partial charge is 0.0186 e. The molecular weight excluding hydrogens is 98.1 g/mol. The van der Waals surface area contributed by atoms with E-state index in [1.54, 1.807) is 0 Å². The number of nitrogens with two attached hydrogens (primary N) is 1. The van der Waals surface area contributed by atoms with Crippen LogP contribution in [0.4, 0.5) is 0 Å².